The molecule has 1 aromatic heterocycles. The van der Waals surface area contributed by atoms with Gasteiger partial charge >= 0.3 is 0 Å². The SMILES string of the molecule is CCNc1nc(C2CC2)nc(N[C@H](CO)C(C)C)c1C. The summed E-state index contributed by atoms with van der Waals surface area (Å²) in [7, 11) is 0. The molecule has 5 nitrogen and oxygen atoms in total. The van der Waals surface area contributed by atoms with Gasteiger partial charge in [0.05, 0.1) is 12.6 Å². The first-order valence-corrected chi connectivity index (χ1v) is 7.56. The second kappa shape index (κ2) is 6.39. The lowest BCUT2D eigenvalue weighted by molar-refractivity contribution is 0.249. The Hall–Kier alpha value is -1.36. The first-order chi connectivity index (χ1) is 9.56. The van der Waals surface area contributed by atoms with Crippen molar-refractivity contribution in [3.05, 3.63) is 11.4 Å². The van der Waals surface area contributed by atoms with Crippen molar-refractivity contribution in [2.45, 2.75) is 52.5 Å². The third-order valence-electron chi connectivity index (χ3n) is 3.77. The van der Waals surface area contributed by atoms with Gasteiger partial charge in [0.25, 0.3) is 0 Å². The van der Waals surface area contributed by atoms with Crippen molar-refractivity contribution in [3.63, 3.8) is 0 Å². The Kier molecular flexibility index (Phi) is 4.81. The summed E-state index contributed by atoms with van der Waals surface area (Å²) < 4.78 is 0. The zero-order valence-electron chi connectivity index (χ0n) is 12.9. The van der Waals surface area contributed by atoms with Crippen LogP contribution in [0.3, 0.4) is 0 Å². The molecule has 1 aromatic rings. The summed E-state index contributed by atoms with van der Waals surface area (Å²) in [5.41, 5.74) is 1.02. The van der Waals surface area contributed by atoms with E-state index in [1.807, 2.05) is 6.92 Å². The van der Waals surface area contributed by atoms with Gasteiger partial charge < -0.3 is 15.7 Å². The van der Waals surface area contributed by atoms with Crippen LogP contribution < -0.4 is 10.6 Å². The van der Waals surface area contributed by atoms with E-state index in [-0.39, 0.29) is 12.6 Å². The molecule has 1 heterocycles. The molecule has 1 saturated carbocycles. The van der Waals surface area contributed by atoms with Crippen LogP contribution in [0.25, 0.3) is 0 Å². The van der Waals surface area contributed by atoms with Gasteiger partial charge in [-0.3, -0.25) is 0 Å². The highest BCUT2D eigenvalue weighted by Crippen LogP contribution is 2.39. The van der Waals surface area contributed by atoms with Crippen LogP contribution in [-0.4, -0.2) is 34.3 Å². The molecule has 0 saturated heterocycles. The first-order valence-electron chi connectivity index (χ1n) is 7.56. The molecule has 5 heteroatoms. The topological polar surface area (TPSA) is 70.1 Å². The molecule has 0 radical (unpaired) electrons. The lowest BCUT2D eigenvalue weighted by Crippen LogP contribution is -2.30. The maximum Gasteiger partial charge on any atom is 0.136 e. The van der Waals surface area contributed by atoms with Crippen molar-refractivity contribution in [1.29, 1.82) is 0 Å². The molecule has 1 atom stereocenters. The third kappa shape index (κ3) is 3.39. The van der Waals surface area contributed by atoms with Gasteiger partial charge in [-0.15, -0.1) is 0 Å². The summed E-state index contributed by atoms with van der Waals surface area (Å²) in [6, 6.07) is 0.0186. The molecule has 2 rings (SSSR count). The molecule has 0 unspecified atom stereocenters. The van der Waals surface area contributed by atoms with E-state index in [0.717, 1.165) is 29.6 Å². The van der Waals surface area contributed by atoms with Crippen LogP contribution >= 0.6 is 0 Å². The second-order valence-electron chi connectivity index (χ2n) is 5.89. The molecule has 1 fully saturated rings. The molecule has 1 aliphatic carbocycles. The van der Waals surface area contributed by atoms with Gasteiger partial charge in [0.15, 0.2) is 0 Å². The number of aromatic nitrogens is 2. The van der Waals surface area contributed by atoms with Gasteiger partial charge in [0.2, 0.25) is 0 Å². The van der Waals surface area contributed by atoms with Crippen molar-refractivity contribution in [3.8, 4) is 0 Å². The Balaban J connectivity index is 2.29. The van der Waals surface area contributed by atoms with Crippen LogP contribution in [0.5, 0.6) is 0 Å². The fourth-order valence-electron chi connectivity index (χ4n) is 2.14. The summed E-state index contributed by atoms with van der Waals surface area (Å²) in [4.78, 5) is 9.31. The lowest BCUT2D eigenvalue weighted by atomic mass is 10.1. The maximum atomic E-state index is 9.49. The zero-order valence-corrected chi connectivity index (χ0v) is 12.9. The number of anilines is 2. The summed E-state index contributed by atoms with van der Waals surface area (Å²) in [5.74, 6) is 3.55. The number of hydrogen-bond acceptors (Lipinski definition) is 5. The quantitative estimate of drug-likeness (QED) is 0.715. The lowest BCUT2D eigenvalue weighted by Gasteiger charge is -2.23. The molecule has 20 heavy (non-hydrogen) atoms. The largest absolute Gasteiger partial charge is 0.394 e. The van der Waals surface area contributed by atoms with Crippen molar-refractivity contribution < 1.29 is 5.11 Å². The standard InChI is InChI=1S/C15H26N4O/c1-5-16-13-10(4)14(17-12(8-20)9(2)3)19-15(18-13)11-6-7-11/h9,11-12,20H,5-8H2,1-4H3,(H2,16,17,18,19)/t12-/m1/s1. The minimum absolute atomic E-state index is 0.0186. The average molecular weight is 278 g/mol. The molecular formula is C15H26N4O. The molecule has 1 aliphatic rings. The van der Waals surface area contributed by atoms with E-state index in [4.69, 9.17) is 0 Å². The highest BCUT2D eigenvalue weighted by atomic mass is 16.3. The molecule has 112 valence electrons. The fraction of sp³-hybridized carbons (Fsp3) is 0.733. The Morgan fingerprint density at radius 1 is 1.25 bits per heavy atom. The number of nitrogens with one attached hydrogen (secondary N) is 2. The number of aliphatic hydroxyl groups excluding tert-OH is 1. The Morgan fingerprint density at radius 3 is 2.40 bits per heavy atom. The van der Waals surface area contributed by atoms with Gasteiger partial charge in [-0.05, 0) is 32.6 Å². The van der Waals surface area contributed by atoms with Crippen LogP contribution in [0, 0.1) is 12.8 Å². The van der Waals surface area contributed by atoms with E-state index in [9.17, 15) is 5.11 Å². The molecule has 0 spiro atoms. The minimum Gasteiger partial charge on any atom is -0.394 e. The van der Waals surface area contributed by atoms with E-state index >= 15 is 0 Å². The van der Waals surface area contributed by atoms with Gasteiger partial charge in [-0.25, -0.2) is 9.97 Å². The number of rotatable bonds is 7. The summed E-state index contributed by atoms with van der Waals surface area (Å²) >= 11 is 0. The van der Waals surface area contributed by atoms with E-state index < -0.39 is 0 Å². The number of hydrogen-bond donors (Lipinski definition) is 3. The molecule has 0 aliphatic heterocycles. The first kappa shape index (κ1) is 15.0. The van der Waals surface area contributed by atoms with E-state index in [1.165, 1.54) is 12.8 Å². The van der Waals surface area contributed by atoms with Crippen molar-refractivity contribution in [1.82, 2.24) is 9.97 Å². The number of nitrogens with zero attached hydrogens (tertiary/aromatic N) is 2. The molecular weight excluding hydrogens is 252 g/mol. The molecule has 0 amide bonds. The Morgan fingerprint density at radius 2 is 1.90 bits per heavy atom. The van der Waals surface area contributed by atoms with Crippen LogP contribution in [0.15, 0.2) is 0 Å². The van der Waals surface area contributed by atoms with E-state index in [1.54, 1.807) is 0 Å². The molecule has 3 N–H and O–H groups in total. The van der Waals surface area contributed by atoms with E-state index in [2.05, 4.69) is 41.4 Å². The van der Waals surface area contributed by atoms with E-state index in [0.29, 0.717) is 11.8 Å². The van der Waals surface area contributed by atoms with Gasteiger partial charge in [-0.2, -0.15) is 0 Å². The molecule has 0 aromatic carbocycles. The zero-order chi connectivity index (χ0) is 14.7. The van der Waals surface area contributed by atoms with Crippen LogP contribution in [-0.2, 0) is 0 Å². The van der Waals surface area contributed by atoms with Gasteiger partial charge in [-0.1, -0.05) is 13.8 Å². The third-order valence-corrected chi connectivity index (χ3v) is 3.77. The summed E-state index contributed by atoms with van der Waals surface area (Å²) in [5, 5.41) is 16.2. The highest BCUT2D eigenvalue weighted by Gasteiger charge is 2.28. The minimum atomic E-state index is 0.0186. The van der Waals surface area contributed by atoms with Crippen molar-refractivity contribution in [2.75, 3.05) is 23.8 Å². The predicted octanol–water partition coefficient (Wildman–Crippen LogP) is 2.52. The van der Waals surface area contributed by atoms with Crippen LogP contribution in [0.2, 0.25) is 0 Å². The maximum absolute atomic E-state index is 9.49. The van der Waals surface area contributed by atoms with Crippen LogP contribution in [0.4, 0.5) is 11.6 Å². The smallest absolute Gasteiger partial charge is 0.136 e. The van der Waals surface area contributed by atoms with Crippen molar-refractivity contribution >= 4 is 11.6 Å². The second-order valence-corrected chi connectivity index (χ2v) is 5.89. The average Bonchev–Trinajstić information content (AvgIpc) is 3.23. The monoisotopic (exact) mass is 278 g/mol. The van der Waals surface area contributed by atoms with Crippen molar-refractivity contribution in [2.24, 2.45) is 5.92 Å². The summed E-state index contributed by atoms with van der Waals surface area (Å²) in [6.07, 6.45) is 2.36. The Bertz CT molecular complexity index is 457. The van der Waals surface area contributed by atoms with Gasteiger partial charge in [0, 0.05) is 18.0 Å². The van der Waals surface area contributed by atoms with Gasteiger partial charge in [0.1, 0.15) is 17.5 Å². The fourth-order valence-corrected chi connectivity index (χ4v) is 2.14. The highest BCUT2D eigenvalue weighted by molar-refractivity contribution is 5.58. The normalized spacial score (nSPS) is 16.3. The predicted molar refractivity (Wildman–Crippen MR) is 82.2 cm³/mol. The van der Waals surface area contributed by atoms with Crippen LogP contribution in [0.1, 0.15) is 50.9 Å². The molecule has 0 bridgehead atoms. The summed E-state index contributed by atoms with van der Waals surface area (Å²) in [6.45, 7) is 9.22. The Labute approximate surface area is 121 Å². The number of aliphatic hydroxyl groups is 1.